The summed E-state index contributed by atoms with van der Waals surface area (Å²) in [6, 6.07) is 9.69. The quantitative estimate of drug-likeness (QED) is 0.249. The topological polar surface area (TPSA) is 178 Å². The second-order valence-electron chi connectivity index (χ2n) is 8.38. The molecule has 1 aliphatic rings. The lowest BCUT2D eigenvalue weighted by Crippen LogP contribution is -2.43. The number of nitrogens with zero attached hydrogens (tertiary/aromatic N) is 4. The smallest absolute Gasteiger partial charge is 0.252 e. The van der Waals surface area contributed by atoms with Crippen LogP contribution in [-0.4, -0.2) is 66.4 Å². The van der Waals surface area contributed by atoms with Crippen molar-refractivity contribution in [2.75, 3.05) is 12.3 Å². The van der Waals surface area contributed by atoms with Gasteiger partial charge < -0.3 is 31.3 Å². The summed E-state index contributed by atoms with van der Waals surface area (Å²) in [5.74, 6) is -0.373. The molecule has 1 fully saturated rings. The van der Waals surface area contributed by atoms with Crippen molar-refractivity contribution in [1.29, 1.82) is 0 Å². The number of rotatable bonds is 10. The molecule has 0 saturated carbocycles. The van der Waals surface area contributed by atoms with Crippen molar-refractivity contribution >= 4 is 28.8 Å². The minimum Gasteiger partial charge on any atom is -0.387 e. The lowest BCUT2D eigenvalue weighted by Gasteiger charge is -2.16. The zero-order chi connectivity index (χ0) is 24.8. The molecule has 3 heterocycles. The van der Waals surface area contributed by atoms with E-state index in [1.807, 2.05) is 30.3 Å². The van der Waals surface area contributed by atoms with Gasteiger partial charge in [0.15, 0.2) is 23.8 Å². The van der Waals surface area contributed by atoms with Gasteiger partial charge in [0.05, 0.1) is 6.33 Å². The number of unbranched alkanes of at least 4 members (excludes halogenated alkanes) is 2. The predicted octanol–water partition coefficient (Wildman–Crippen LogP) is 0.0207. The van der Waals surface area contributed by atoms with E-state index in [1.54, 1.807) is 0 Å². The van der Waals surface area contributed by atoms with Crippen LogP contribution in [0.1, 0.15) is 37.5 Å². The predicted molar refractivity (Wildman–Crippen MR) is 125 cm³/mol. The van der Waals surface area contributed by atoms with Crippen LogP contribution >= 0.6 is 0 Å². The second-order valence-corrected chi connectivity index (χ2v) is 8.38. The number of benzene rings is 1. The molecular weight excluding hydrogens is 454 g/mol. The van der Waals surface area contributed by atoms with Crippen LogP contribution in [-0.2, 0) is 20.9 Å². The van der Waals surface area contributed by atoms with Crippen LogP contribution in [0, 0.1) is 0 Å². The summed E-state index contributed by atoms with van der Waals surface area (Å²) in [6.45, 7) is 0.858. The molecule has 4 rings (SSSR count). The minimum absolute atomic E-state index is 0.0144. The van der Waals surface area contributed by atoms with Crippen molar-refractivity contribution in [2.24, 2.45) is 0 Å². The third kappa shape index (κ3) is 5.73. The van der Waals surface area contributed by atoms with Gasteiger partial charge in [-0.15, -0.1) is 0 Å². The zero-order valence-corrected chi connectivity index (χ0v) is 19.1. The number of fused-ring (bicyclic) bond motifs is 1. The number of hydrogen-bond donors (Lipinski definition) is 5. The van der Waals surface area contributed by atoms with Crippen LogP contribution in [0.5, 0.6) is 0 Å². The van der Waals surface area contributed by atoms with Crippen molar-refractivity contribution in [3.63, 3.8) is 0 Å². The molecule has 35 heavy (non-hydrogen) atoms. The molecule has 1 aliphatic heterocycles. The SMILES string of the molecule is Nc1ncnc2c1ncn2[C@@H]1O[C@H](C(=O)NCCCCCC(=O)NCc2ccccc2)[C@@H](O)[C@H]1O. The zero-order valence-electron chi connectivity index (χ0n) is 19.1. The maximum Gasteiger partial charge on any atom is 0.252 e. The molecule has 0 radical (unpaired) electrons. The number of aliphatic hydroxyl groups excluding tert-OH is 2. The maximum atomic E-state index is 12.6. The van der Waals surface area contributed by atoms with Gasteiger partial charge in [-0.1, -0.05) is 36.8 Å². The highest BCUT2D eigenvalue weighted by Crippen LogP contribution is 2.32. The molecule has 186 valence electrons. The van der Waals surface area contributed by atoms with Gasteiger partial charge in [-0.3, -0.25) is 14.2 Å². The Kier molecular flexibility index (Phi) is 7.85. The van der Waals surface area contributed by atoms with Crippen molar-refractivity contribution in [2.45, 2.75) is 56.8 Å². The van der Waals surface area contributed by atoms with E-state index >= 15 is 0 Å². The molecule has 2 amide bonds. The molecule has 4 atom stereocenters. The number of nitrogens with two attached hydrogens (primary N) is 1. The number of aromatic nitrogens is 4. The maximum absolute atomic E-state index is 12.6. The van der Waals surface area contributed by atoms with E-state index in [2.05, 4.69) is 25.6 Å². The van der Waals surface area contributed by atoms with Gasteiger partial charge in [-0.2, -0.15) is 0 Å². The van der Waals surface area contributed by atoms with Gasteiger partial charge in [0, 0.05) is 19.5 Å². The first-order valence-corrected chi connectivity index (χ1v) is 11.5. The van der Waals surface area contributed by atoms with Crippen LogP contribution in [0.3, 0.4) is 0 Å². The Balaban J connectivity index is 1.18. The summed E-state index contributed by atoms with van der Waals surface area (Å²) in [6.07, 6.45) is 0.0283. The number of nitrogens with one attached hydrogen (secondary N) is 2. The van der Waals surface area contributed by atoms with Gasteiger partial charge in [0.1, 0.15) is 24.1 Å². The number of imidazole rings is 1. The fourth-order valence-electron chi connectivity index (χ4n) is 3.95. The van der Waals surface area contributed by atoms with Crippen LogP contribution in [0.15, 0.2) is 43.0 Å². The number of hydrogen-bond acceptors (Lipinski definition) is 9. The molecule has 6 N–H and O–H groups in total. The highest BCUT2D eigenvalue weighted by molar-refractivity contribution is 5.82. The summed E-state index contributed by atoms with van der Waals surface area (Å²) in [5, 5.41) is 26.5. The van der Waals surface area contributed by atoms with Gasteiger partial charge in [0.25, 0.3) is 5.91 Å². The lowest BCUT2D eigenvalue weighted by molar-refractivity contribution is -0.137. The monoisotopic (exact) mass is 483 g/mol. The Morgan fingerprint density at radius 2 is 1.83 bits per heavy atom. The van der Waals surface area contributed by atoms with E-state index in [0.29, 0.717) is 43.5 Å². The summed E-state index contributed by atoms with van der Waals surface area (Å²) in [4.78, 5) is 36.6. The standard InChI is InChI=1S/C23H29N7O5/c24-20-16-21(28-12-27-20)30(13-29-16)23-18(33)17(32)19(35-23)22(34)25-10-6-2-5-9-15(31)26-11-14-7-3-1-4-8-14/h1,3-4,7-8,12-13,17-19,23,32-33H,2,5-6,9-11H2,(H,25,34)(H,26,31)(H2,24,27,28)/t17-,18+,19-,23+/m0/s1. The highest BCUT2D eigenvalue weighted by atomic mass is 16.6. The first-order valence-electron chi connectivity index (χ1n) is 11.5. The molecule has 0 bridgehead atoms. The van der Waals surface area contributed by atoms with E-state index in [4.69, 9.17) is 10.5 Å². The number of amides is 2. The number of aliphatic hydroxyl groups is 2. The van der Waals surface area contributed by atoms with Crippen LogP contribution < -0.4 is 16.4 Å². The molecule has 12 nitrogen and oxygen atoms in total. The van der Waals surface area contributed by atoms with Gasteiger partial charge in [-0.05, 0) is 18.4 Å². The molecule has 0 spiro atoms. The van der Waals surface area contributed by atoms with E-state index in [0.717, 1.165) is 12.0 Å². The summed E-state index contributed by atoms with van der Waals surface area (Å²) < 4.78 is 7.08. The van der Waals surface area contributed by atoms with E-state index in [1.165, 1.54) is 17.2 Å². The average Bonchev–Trinajstić information content (AvgIpc) is 3.42. The van der Waals surface area contributed by atoms with Crippen molar-refractivity contribution in [3.05, 3.63) is 48.5 Å². The minimum atomic E-state index is -1.43. The van der Waals surface area contributed by atoms with Gasteiger partial charge >= 0.3 is 0 Å². The van der Waals surface area contributed by atoms with Gasteiger partial charge in [-0.25, -0.2) is 15.0 Å². The second kappa shape index (κ2) is 11.2. The summed E-state index contributed by atoms with van der Waals surface area (Å²) >= 11 is 0. The fourth-order valence-corrected chi connectivity index (χ4v) is 3.95. The molecule has 12 heteroatoms. The molecule has 2 aromatic heterocycles. The van der Waals surface area contributed by atoms with E-state index in [-0.39, 0.29) is 11.7 Å². The Hall–Kier alpha value is -3.61. The van der Waals surface area contributed by atoms with E-state index < -0.39 is 30.4 Å². The van der Waals surface area contributed by atoms with E-state index in [9.17, 15) is 19.8 Å². The average molecular weight is 484 g/mol. The Morgan fingerprint density at radius 1 is 1.03 bits per heavy atom. The van der Waals surface area contributed by atoms with Crippen LogP contribution in [0.4, 0.5) is 5.82 Å². The lowest BCUT2D eigenvalue weighted by atomic mass is 10.1. The Bertz CT molecular complexity index is 1160. The molecule has 1 saturated heterocycles. The number of carbonyl (C=O) groups excluding carboxylic acids is 2. The Morgan fingerprint density at radius 3 is 2.63 bits per heavy atom. The molecule has 0 unspecified atom stereocenters. The highest BCUT2D eigenvalue weighted by Gasteiger charge is 2.47. The molecule has 1 aromatic carbocycles. The molecule has 0 aliphatic carbocycles. The molecule has 3 aromatic rings. The van der Waals surface area contributed by atoms with Crippen molar-refractivity contribution in [3.8, 4) is 0 Å². The number of ether oxygens (including phenoxy) is 1. The fraction of sp³-hybridized carbons (Fsp3) is 0.435. The van der Waals surface area contributed by atoms with Crippen LogP contribution in [0.25, 0.3) is 11.2 Å². The summed E-state index contributed by atoms with van der Waals surface area (Å²) in [7, 11) is 0. The first-order chi connectivity index (χ1) is 17.0. The van der Waals surface area contributed by atoms with Gasteiger partial charge in [0.2, 0.25) is 5.91 Å². The molecular formula is C23H29N7O5. The third-order valence-corrected chi connectivity index (χ3v) is 5.87. The van der Waals surface area contributed by atoms with Crippen molar-refractivity contribution in [1.82, 2.24) is 30.2 Å². The number of nitrogen functional groups attached to an aromatic ring is 1. The largest absolute Gasteiger partial charge is 0.387 e. The third-order valence-electron chi connectivity index (χ3n) is 5.87. The number of anilines is 1. The van der Waals surface area contributed by atoms with Crippen LogP contribution in [0.2, 0.25) is 0 Å². The Labute approximate surface area is 201 Å². The van der Waals surface area contributed by atoms with Crippen molar-refractivity contribution < 1.29 is 24.5 Å². The normalized spacial score (nSPS) is 21.8. The summed E-state index contributed by atoms with van der Waals surface area (Å²) in [5.41, 5.74) is 7.49. The first kappa shape index (κ1) is 24.5. The number of carbonyl (C=O) groups is 2.